The molecule has 2 unspecified atom stereocenters. The molecular formula is C15H21NO. The molecule has 0 amide bonds. The van der Waals surface area contributed by atoms with Crippen molar-refractivity contribution in [2.45, 2.75) is 50.3 Å². The van der Waals surface area contributed by atoms with Gasteiger partial charge >= 0.3 is 0 Å². The molecule has 2 atom stereocenters. The van der Waals surface area contributed by atoms with Crippen molar-refractivity contribution >= 4 is 0 Å². The monoisotopic (exact) mass is 231 g/mol. The van der Waals surface area contributed by atoms with Gasteiger partial charge in [0, 0.05) is 11.6 Å². The zero-order chi connectivity index (χ0) is 11.7. The van der Waals surface area contributed by atoms with E-state index < -0.39 is 0 Å². The number of rotatable bonds is 1. The van der Waals surface area contributed by atoms with E-state index in [-0.39, 0.29) is 11.6 Å². The van der Waals surface area contributed by atoms with Gasteiger partial charge < -0.3 is 10.1 Å². The van der Waals surface area contributed by atoms with Gasteiger partial charge in [-0.3, -0.25) is 0 Å². The molecule has 1 N–H and O–H groups in total. The van der Waals surface area contributed by atoms with Gasteiger partial charge in [0.2, 0.25) is 0 Å². The maximum Gasteiger partial charge on any atom is 0.0976 e. The van der Waals surface area contributed by atoms with Crippen LogP contribution in [0.3, 0.4) is 0 Å². The van der Waals surface area contributed by atoms with E-state index in [1.807, 2.05) is 0 Å². The highest BCUT2D eigenvalue weighted by Crippen LogP contribution is 2.37. The molecule has 1 saturated carbocycles. The van der Waals surface area contributed by atoms with Crippen molar-refractivity contribution in [1.29, 1.82) is 0 Å². The van der Waals surface area contributed by atoms with Gasteiger partial charge in [0.25, 0.3) is 0 Å². The van der Waals surface area contributed by atoms with Gasteiger partial charge in [0.05, 0.1) is 12.7 Å². The lowest BCUT2D eigenvalue weighted by Gasteiger charge is -2.43. The molecule has 17 heavy (non-hydrogen) atoms. The maximum absolute atomic E-state index is 6.15. The zero-order valence-electron chi connectivity index (χ0n) is 10.5. The van der Waals surface area contributed by atoms with Crippen LogP contribution in [0, 0.1) is 0 Å². The molecule has 0 aromatic heterocycles. The number of benzene rings is 1. The summed E-state index contributed by atoms with van der Waals surface area (Å²) in [5, 5.41) is 3.82. The first-order chi connectivity index (χ1) is 8.29. The lowest BCUT2D eigenvalue weighted by molar-refractivity contribution is -0.0587. The van der Waals surface area contributed by atoms with Crippen LogP contribution < -0.4 is 5.32 Å². The number of morpholine rings is 1. The summed E-state index contributed by atoms with van der Waals surface area (Å²) in [6, 6.07) is 11.0. The molecule has 0 radical (unpaired) electrons. The SMILES string of the molecule is CC1NC2(CCCC2)COC1c1ccccc1. The van der Waals surface area contributed by atoms with E-state index in [0.717, 1.165) is 6.61 Å². The van der Waals surface area contributed by atoms with Gasteiger partial charge in [-0.25, -0.2) is 0 Å². The molecule has 1 aliphatic heterocycles. The summed E-state index contributed by atoms with van der Waals surface area (Å²) >= 11 is 0. The Morgan fingerprint density at radius 3 is 2.53 bits per heavy atom. The average Bonchev–Trinajstić information content (AvgIpc) is 2.79. The van der Waals surface area contributed by atoms with Gasteiger partial charge in [-0.2, -0.15) is 0 Å². The van der Waals surface area contributed by atoms with E-state index in [9.17, 15) is 0 Å². The second kappa shape index (κ2) is 4.43. The van der Waals surface area contributed by atoms with Crippen molar-refractivity contribution in [3.8, 4) is 0 Å². The molecule has 2 nitrogen and oxygen atoms in total. The van der Waals surface area contributed by atoms with Gasteiger partial charge in [-0.1, -0.05) is 43.2 Å². The van der Waals surface area contributed by atoms with Crippen LogP contribution in [-0.2, 0) is 4.74 Å². The molecule has 0 bridgehead atoms. The Labute approximate surface area is 103 Å². The van der Waals surface area contributed by atoms with E-state index in [0.29, 0.717) is 6.04 Å². The molecular weight excluding hydrogens is 210 g/mol. The summed E-state index contributed by atoms with van der Waals surface area (Å²) in [7, 11) is 0. The van der Waals surface area contributed by atoms with Crippen molar-refractivity contribution in [3.05, 3.63) is 35.9 Å². The normalized spacial score (nSPS) is 31.8. The molecule has 1 spiro atoms. The quantitative estimate of drug-likeness (QED) is 0.802. The van der Waals surface area contributed by atoms with Gasteiger partial charge in [0.1, 0.15) is 0 Å². The lowest BCUT2D eigenvalue weighted by atomic mass is 9.91. The Morgan fingerprint density at radius 2 is 1.88 bits per heavy atom. The van der Waals surface area contributed by atoms with Crippen LogP contribution in [0.1, 0.15) is 44.3 Å². The molecule has 2 aliphatic rings. The first-order valence-corrected chi connectivity index (χ1v) is 6.73. The molecule has 1 heterocycles. The largest absolute Gasteiger partial charge is 0.370 e. The fourth-order valence-electron chi connectivity index (χ4n) is 3.36. The summed E-state index contributed by atoms with van der Waals surface area (Å²) in [5.41, 5.74) is 1.57. The Morgan fingerprint density at radius 1 is 1.18 bits per heavy atom. The maximum atomic E-state index is 6.15. The topological polar surface area (TPSA) is 21.3 Å². The Bertz CT molecular complexity index is 370. The first-order valence-electron chi connectivity index (χ1n) is 6.73. The number of hydrogen-bond acceptors (Lipinski definition) is 2. The lowest BCUT2D eigenvalue weighted by Crippen LogP contribution is -2.57. The summed E-state index contributed by atoms with van der Waals surface area (Å²) in [5.74, 6) is 0. The molecule has 1 aliphatic carbocycles. The smallest absolute Gasteiger partial charge is 0.0976 e. The third-order valence-electron chi connectivity index (χ3n) is 4.22. The minimum absolute atomic E-state index is 0.211. The number of ether oxygens (including phenoxy) is 1. The van der Waals surface area contributed by atoms with E-state index in [4.69, 9.17) is 4.74 Å². The van der Waals surface area contributed by atoms with E-state index >= 15 is 0 Å². The highest BCUT2D eigenvalue weighted by atomic mass is 16.5. The van der Waals surface area contributed by atoms with Crippen LogP contribution in [0.2, 0.25) is 0 Å². The summed E-state index contributed by atoms with van der Waals surface area (Å²) in [6.07, 6.45) is 5.46. The highest BCUT2D eigenvalue weighted by molar-refractivity contribution is 5.20. The van der Waals surface area contributed by atoms with Gasteiger partial charge in [-0.15, -0.1) is 0 Å². The fraction of sp³-hybridized carbons (Fsp3) is 0.600. The van der Waals surface area contributed by atoms with E-state index in [1.165, 1.54) is 31.2 Å². The Balaban J connectivity index is 1.74. The second-order valence-electron chi connectivity index (χ2n) is 5.56. The summed E-state index contributed by atoms with van der Waals surface area (Å²) < 4.78 is 6.15. The molecule has 3 rings (SSSR count). The standard InChI is InChI=1S/C15H21NO/c1-12-14(13-7-3-2-4-8-13)17-11-15(16-12)9-5-6-10-15/h2-4,7-8,12,14,16H,5-6,9-11H2,1H3. The minimum atomic E-state index is 0.211. The van der Waals surface area contributed by atoms with Crippen LogP contribution in [0.5, 0.6) is 0 Å². The second-order valence-corrected chi connectivity index (χ2v) is 5.56. The molecule has 92 valence electrons. The summed E-state index contributed by atoms with van der Waals surface area (Å²) in [4.78, 5) is 0. The van der Waals surface area contributed by atoms with E-state index in [1.54, 1.807) is 0 Å². The van der Waals surface area contributed by atoms with E-state index in [2.05, 4.69) is 42.6 Å². The van der Waals surface area contributed by atoms with Crippen molar-refractivity contribution in [2.75, 3.05) is 6.61 Å². The van der Waals surface area contributed by atoms with Gasteiger partial charge in [0.15, 0.2) is 0 Å². The molecule has 2 fully saturated rings. The van der Waals surface area contributed by atoms with Crippen LogP contribution in [0.25, 0.3) is 0 Å². The predicted octanol–water partition coefficient (Wildman–Crippen LogP) is 3.05. The van der Waals surface area contributed by atoms with Gasteiger partial charge in [-0.05, 0) is 25.3 Å². The van der Waals surface area contributed by atoms with Crippen LogP contribution >= 0.6 is 0 Å². The fourth-order valence-corrected chi connectivity index (χ4v) is 3.36. The Kier molecular flexibility index (Phi) is 2.93. The minimum Gasteiger partial charge on any atom is -0.370 e. The number of hydrogen-bond donors (Lipinski definition) is 1. The third kappa shape index (κ3) is 2.12. The van der Waals surface area contributed by atoms with Crippen molar-refractivity contribution < 1.29 is 4.74 Å². The van der Waals surface area contributed by atoms with Crippen LogP contribution in [0.4, 0.5) is 0 Å². The molecule has 1 aromatic carbocycles. The van der Waals surface area contributed by atoms with Crippen molar-refractivity contribution in [2.24, 2.45) is 0 Å². The van der Waals surface area contributed by atoms with Crippen LogP contribution in [0.15, 0.2) is 30.3 Å². The summed E-state index contributed by atoms with van der Waals surface area (Å²) in [6.45, 7) is 3.12. The van der Waals surface area contributed by atoms with Crippen LogP contribution in [-0.4, -0.2) is 18.2 Å². The molecule has 1 aromatic rings. The van der Waals surface area contributed by atoms with Crippen molar-refractivity contribution in [1.82, 2.24) is 5.32 Å². The first kappa shape index (κ1) is 11.2. The number of nitrogens with one attached hydrogen (secondary N) is 1. The zero-order valence-corrected chi connectivity index (χ0v) is 10.5. The average molecular weight is 231 g/mol. The highest BCUT2D eigenvalue weighted by Gasteiger charge is 2.41. The predicted molar refractivity (Wildman–Crippen MR) is 68.9 cm³/mol. The third-order valence-corrected chi connectivity index (χ3v) is 4.22. The molecule has 2 heteroatoms. The molecule has 1 saturated heterocycles. The van der Waals surface area contributed by atoms with Crippen molar-refractivity contribution in [3.63, 3.8) is 0 Å². The Hall–Kier alpha value is -0.860.